The fraction of sp³-hybridized carbons (Fsp3) is 0.576. The number of benzene rings is 2. The molecule has 1 amide bonds. The van der Waals surface area contributed by atoms with Crippen molar-refractivity contribution >= 4 is 12.4 Å². The van der Waals surface area contributed by atoms with Crippen LogP contribution in [0.1, 0.15) is 87.3 Å². The van der Waals surface area contributed by atoms with Crippen molar-refractivity contribution in [3.63, 3.8) is 0 Å². The zero-order valence-corrected chi connectivity index (χ0v) is 24.4. The summed E-state index contributed by atoms with van der Waals surface area (Å²) in [6.45, 7) is 0.869. The van der Waals surface area contributed by atoms with Gasteiger partial charge in [-0.15, -0.1) is 0 Å². The molecule has 3 atom stereocenters. The highest BCUT2D eigenvalue weighted by atomic mass is 16.7. The molecule has 2 aliphatic heterocycles. The van der Waals surface area contributed by atoms with Crippen molar-refractivity contribution in [3.8, 4) is 17.2 Å². The highest BCUT2D eigenvalue weighted by molar-refractivity contribution is 5.74. The molecular weight excluding hydrogens is 520 g/mol. The summed E-state index contributed by atoms with van der Waals surface area (Å²) in [7, 11) is 3.59. The number of hydrogen-bond donors (Lipinski definition) is 1. The van der Waals surface area contributed by atoms with Crippen molar-refractivity contribution in [2.45, 2.75) is 88.3 Å². The summed E-state index contributed by atoms with van der Waals surface area (Å²) in [6.07, 6.45) is 14.1. The number of carboxylic acids is 1. The largest absolute Gasteiger partial charge is 0.497 e. The maximum atomic E-state index is 12.2. The highest BCUT2D eigenvalue weighted by Gasteiger charge is 2.46. The zero-order chi connectivity index (χ0) is 28.8. The van der Waals surface area contributed by atoms with Gasteiger partial charge in [0.1, 0.15) is 5.75 Å². The van der Waals surface area contributed by atoms with E-state index in [1.807, 2.05) is 49.5 Å². The number of rotatable bonds is 7. The fourth-order valence-corrected chi connectivity index (χ4v) is 7.29. The Kier molecular flexibility index (Phi) is 9.70. The van der Waals surface area contributed by atoms with Gasteiger partial charge < -0.3 is 24.2 Å². The van der Waals surface area contributed by atoms with E-state index in [9.17, 15) is 14.7 Å². The van der Waals surface area contributed by atoms with Gasteiger partial charge in [0.05, 0.1) is 13.0 Å². The van der Waals surface area contributed by atoms with Crippen molar-refractivity contribution < 1.29 is 28.9 Å². The lowest BCUT2D eigenvalue weighted by atomic mass is 9.83. The van der Waals surface area contributed by atoms with Crippen LogP contribution in [0.15, 0.2) is 42.5 Å². The summed E-state index contributed by atoms with van der Waals surface area (Å²) in [5, 5.41) is 9.98. The smallest absolute Gasteiger partial charge is 0.309 e. The molecule has 41 heavy (non-hydrogen) atoms. The second-order valence-corrected chi connectivity index (χ2v) is 11.9. The van der Waals surface area contributed by atoms with E-state index in [0.29, 0.717) is 30.1 Å². The van der Waals surface area contributed by atoms with E-state index >= 15 is 0 Å². The van der Waals surface area contributed by atoms with Crippen LogP contribution >= 0.6 is 0 Å². The number of amides is 1. The Morgan fingerprint density at radius 2 is 1.49 bits per heavy atom. The van der Waals surface area contributed by atoms with Crippen molar-refractivity contribution in [2.24, 2.45) is 5.92 Å². The molecular formula is C33H44N2O6. The van der Waals surface area contributed by atoms with Gasteiger partial charge in [-0.25, -0.2) is 0 Å². The minimum Gasteiger partial charge on any atom is -0.497 e. The maximum Gasteiger partial charge on any atom is 0.309 e. The number of ether oxygens (including phenoxy) is 3. The van der Waals surface area contributed by atoms with Crippen LogP contribution in [0, 0.1) is 5.92 Å². The Balaban J connectivity index is 0.000000191. The highest BCUT2D eigenvalue weighted by Crippen LogP contribution is 2.47. The summed E-state index contributed by atoms with van der Waals surface area (Å²) in [4.78, 5) is 27.7. The van der Waals surface area contributed by atoms with E-state index in [-0.39, 0.29) is 18.8 Å². The molecule has 1 N–H and O–H groups in total. The van der Waals surface area contributed by atoms with Crippen LogP contribution in [-0.2, 0) is 9.59 Å². The average Bonchev–Trinajstić information content (AvgIpc) is 3.63. The van der Waals surface area contributed by atoms with Gasteiger partial charge in [0.2, 0.25) is 13.2 Å². The molecule has 222 valence electrons. The summed E-state index contributed by atoms with van der Waals surface area (Å²) < 4.78 is 16.0. The molecule has 0 aromatic heterocycles. The SMILES string of the molecule is COc1ccc(C2C(C(=O)O)C(c3ccc4c(c3)OCO4)CN2C)cc1.O=CN(C1CCCCC1)C1CCCCC1. The molecule has 2 aliphatic carbocycles. The fourth-order valence-electron chi connectivity index (χ4n) is 7.29. The van der Waals surface area contributed by atoms with Crippen molar-refractivity contribution in [3.05, 3.63) is 53.6 Å². The van der Waals surface area contributed by atoms with Gasteiger partial charge in [-0.2, -0.15) is 0 Å². The lowest BCUT2D eigenvalue weighted by molar-refractivity contribution is -0.143. The lowest BCUT2D eigenvalue weighted by Gasteiger charge is -2.39. The molecule has 3 unspecified atom stereocenters. The van der Waals surface area contributed by atoms with Crippen molar-refractivity contribution in [1.29, 1.82) is 0 Å². The number of carboxylic acid groups (broad SMARTS) is 1. The molecule has 2 saturated carbocycles. The number of fused-ring (bicyclic) bond motifs is 1. The minimum absolute atomic E-state index is 0.126. The molecule has 4 aliphatic rings. The minimum atomic E-state index is -0.794. The van der Waals surface area contributed by atoms with E-state index in [0.717, 1.165) is 23.3 Å². The average molecular weight is 565 g/mol. The van der Waals surface area contributed by atoms with E-state index < -0.39 is 11.9 Å². The molecule has 2 heterocycles. The Morgan fingerprint density at radius 1 is 0.902 bits per heavy atom. The van der Waals surface area contributed by atoms with E-state index in [4.69, 9.17) is 14.2 Å². The molecule has 2 aromatic carbocycles. The van der Waals surface area contributed by atoms with Gasteiger partial charge in [0.15, 0.2) is 11.5 Å². The van der Waals surface area contributed by atoms with Crippen LogP contribution in [0.3, 0.4) is 0 Å². The predicted molar refractivity (Wildman–Crippen MR) is 156 cm³/mol. The topological polar surface area (TPSA) is 88.5 Å². The molecule has 0 bridgehead atoms. The Labute approximate surface area is 243 Å². The Bertz CT molecular complexity index is 1140. The van der Waals surface area contributed by atoms with Crippen molar-refractivity contribution in [2.75, 3.05) is 27.5 Å². The van der Waals surface area contributed by atoms with Gasteiger partial charge in [-0.05, 0) is 68.1 Å². The molecule has 1 saturated heterocycles. The zero-order valence-electron chi connectivity index (χ0n) is 24.4. The number of aliphatic carboxylic acids is 1. The van der Waals surface area contributed by atoms with Gasteiger partial charge >= 0.3 is 5.97 Å². The molecule has 3 fully saturated rings. The molecule has 6 rings (SSSR count). The first-order chi connectivity index (χ1) is 20.0. The van der Waals surface area contributed by atoms with E-state index in [1.165, 1.54) is 64.2 Å². The maximum absolute atomic E-state index is 12.2. The third-order valence-corrected chi connectivity index (χ3v) is 9.41. The number of carbonyl (C=O) groups is 2. The van der Waals surface area contributed by atoms with Crippen LogP contribution in [0.2, 0.25) is 0 Å². The number of likely N-dealkylation sites (tertiary alicyclic amines) is 1. The summed E-state index contributed by atoms with van der Waals surface area (Å²) in [5.74, 6) is 0.681. The van der Waals surface area contributed by atoms with Crippen LogP contribution < -0.4 is 14.2 Å². The quantitative estimate of drug-likeness (QED) is 0.412. The van der Waals surface area contributed by atoms with Crippen LogP contribution in [0.4, 0.5) is 0 Å². The molecule has 8 heteroatoms. The summed E-state index contributed by atoms with van der Waals surface area (Å²) >= 11 is 0. The standard InChI is InChI=1S/C20H21NO5.C13H23NO/c1-21-10-15(13-5-8-16-17(9-13)26-11-25-16)18(20(22)23)19(21)12-3-6-14(24-2)7-4-12;15-11-14(12-7-3-1-4-8-12)13-9-5-2-6-10-13/h3-9,15,18-19H,10-11H2,1-2H3,(H,22,23);11-13H,1-10H2. The van der Waals surface area contributed by atoms with Gasteiger partial charge in [0.25, 0.3) is 0 Å². The van der Waals surface area contributed by atoms with E-state index in [1.54, 1.807) is 7.11 Å². The predicted octanol–water partition coefficient (Wildman–Crippen LogP) is 6.01. The lowest BCUT2D eigenvalue weighted by Crippen LogP contribution is -2.44. The van der Waals surface area contributed by atoms with Crippen LogP contribution in [0.25, 0.3) is 0 Å². The van der Waals surface area contributed by atoms with Gasteiger partial charge in [-0.1, -0.05) is 56.7 Å². The Morgan fingerprint density at radius 3 is 2.05 bits per heavy atom. The second kappa shape index (κ2) is 13.6. The second-order valence-electron chi connectivity index (χ2n) is 11.9. The molecule has 2 aromatic rings. The first-order valence-electron chi connectivity index (χ1n) is 15.2. The number of nitrogens with zero attached hydrogens (tertiary/aromatic N) is 2. The normalized spacial score (nSPS) is 24.8. The number of hydrogen-bond acceptors (Lipinski definition) is 6. The molecule has 8 nitrogen and oxygen atoms in total. The number of methoxy groups -OCH3 is 1. The Hall–Kier alpha value is -3.26. The van der Waals surface area contributed by atoms with Crippen molar-refractivity contribution in [1.82, 2.24) is 9.80 Å². The van der Waals surface area contributed by atoms with Gasteiger partial charge in [-0.3, -0.25) is 14.5 Å². The van der Waals surface area contributed by atoms with E-state index in [2.05, 4.69) is 9.80 Å². The molecule has 0 radical (unpaired) electrons. The summed E-state index contributed by atoms with van der Waals surface area (Å²) in [5.41, 5.74) is 1.94. The third kappa shape index (κ3) is 6.64. The van der Waals surface area contributed by atoms with Crippen LogP contribution in [-0.4, -0.2) is 66.9 Å². The molecule has 0 spiro atoms. The number of likely N-dealkylation sites (N-methyl/N-ethyl adjacent to an activating group) is 1. The summed E-state index contributed by atoms with van der Waals surface area (Å²) in [6, 6.07) is 14.3. The number of carbonyl (C=O) groups excluding carboxylic acids is 1. The third-order valence-electron chi connectivity index (χ3n) is 9.41. The monoisotopic (exact) mass is 564 g/mol. The first-order valence-corrected chi connectivity index (χ1v) is 15.2. The van der Waals surface area contributed by atoms with Gasteiger partial charge in [0, 0.05) is 30.6 Å². The first kappa shape index (κ1) is 29.2. The van der Waals surface area contributed by atoms with Crippen LogP contribution in [0.5, 0.6) is 17.2 Å².